The van der Waals surface area contributed by atoms with Crippen molar-refractivity contribution < 1.29 is 22.6 Å². The van der Waals surface area contributed by atoms with Crippen LogP contribution in [0.4, 0.5) is 13.2 Å². The van der Waals surface area contributed by atoms with Crippen molar-refractivity contribution >= 4 is 11.0 Å². The third-order valence-electron chi connectivity index (χ3n) is 7.55. The number of hydrogen-bond donors (Lipinski definition) is 1. The van der Waals surface area contributed by atoms with Gasteiger partial charge in [0.1, 0.15) is 35.8 Å². The molecule has 8 nitrogen and oxygen atoms in total. The van der Waals surface area contributed by atoms with Gasteiger partial charge in [-0.25, -0.2) is 4.98 Å². The number of aryl methyl sites for hydroxylation is 1. The van der Waals surface area contributed by atoms with Crippen LogP contribution >= 0.6 is 0 Å². The number of alkyl halides is 3. The Morgan fingerprint density at radius 1 is 1.13 bits per heavy atom. The molecule has 6 rings (SSSR count). The zero-order valence-electron chi connectivity index (χ0n) is 21.1. The van der Waals surface area contributed by atoms with Crippen LogP contribution in [0.3, 0.4) is 0 Å². The Hall–Kier alpha value is -3.44. The Morgan fingerprint density at radius 2 is 1.95 bits per heavy atom. The highest BCUT2D eigenvalue weighted by Gasteiger charge is 2.42. The van der Waals surface area contributed by atoms with Crippen LogP contribution in [0.15, 0.2) is 42.7 Å². The highest BCUT2D eigenvalue weighted by atomic mass is 19.4. The van der Waals surface area contributed by atoms with Gasteiger partial charge in [-0.1, -0.05) is 18.2 Å². The van der Waals surface area contributed by atoms with E-state index in [-0.39, 0.29) is 22.2 Å². The van der Waals surface area contributed by atoms with E-state index >= 15 is 0 Å². The molecule has 0 saturated carbocycles. The number of aromatic nitrogens is 5. The van der Waals surface area contributed by atoms with Crippen LogP contribution in [0.1, 0.15) is 29.8 Å². The SMILES string of the molecule is Cn1cnnc1CC1(c2cccc(-c3nc4c(C(F)(F)F)cc(OCCN5CCCC5)cc4[nH]3)c2)COC1. The third-order valence-corrected chi connectivity index (χ3v) is 7.55. The van der Waals surface area contributed by atoms with Gasteiger partial charge in [-0.05, 0) is 43.6 Å². The molecule has 2 aliphatic rings. The Morgan fingerprint density at radius 3 is 2.63 bits per heavy atom. The molecule has 0 radical (unpaired) electrons. The van der Waals surface area contributed by atoms with Crippen molar-refractivity contribution in [3.63, 3.8) is 0 Å². The van der Waals surface area contributed by atoms with Crippen LogP contribution in [0.5, 0.6) is 5.75 Å². The van der Waals surface area contributed by atoms with E-state index in [0.29, 0.717) is 44.2 Å². The molecule has 11 heteroatoms. The van der Waals surface area contributed by atoms with Gasteiger partial charge in [-0.3, -0.25) is 4.90 Å². The molecule has 0 atom stereocenters. The normalized spacial score (nSPS) is 17.7. The second-order valence-corrected chi connectivity index (χ2v) is 10.2. The number of nitrogens with zero attached hydrogens (tertiary/aromatic N) is 5. The van der Waals surface area contributed by atoms with Gasteiger partial charge in [0.15, 0.2) is 0 Å². The first-order valence-corrected chi connectivity index (χ1v) is 12.8. The fraction of sp³-hybridized carbons (Fsp3) is 0.444. The fourth-order valence-corrected chi connectivity index (χ4v) is 5.31. The van der Waals surface area contributed by atoms with Gasteiger partial charge in [0.2, 0.25) is 0 Å². The van der Waals surface area contributed by atoms with Crippen LogP contribution in [0, 0.1) is 0 Å². The topological polar surface area (TPSA) is 81.1 Å². The Labute approximate surface area is 217 Å². The van der Waals surface area contributed by atoms with Crippen molar-refractivity contribution in [2.24, 2.45) is 7.05 Å². The summed E-state index contributed by atoms with van der Waals surface area (Å²) in [6.45, 7) is 4.09. The number of fused-ring (bicyclic) bond motifs is 1. The van der Waals surface area contributed by atoms with Crippen LogP contribution in [-0.4, -0.2) is 69.1 Å². The van der Waals surface area contributed by atoms with E-state index in [9.17, 15) is 13.2 Å². The standard InChI is InChI=1S/C27H29F3N6O2/c1-35-17-31-34-23(35)14-26(15-37-16-26)19-6-4-5-18(11-19)25-32-22-13-20(38-10-9-36-7-2-3-8-36)12-21(24(22)33-25)27(28,29)30/h4-6,11-13,17H,2-3,7-10,14-16H2,1H3,(H,32,33). The van der Waals surface area contributed by atoms with Crippen molar-refractivity contribution in [3.05, 3.63) is 59.7 Å². The second-order valence-electron chi connectivity index (χ2n) is 10.2. The highest BCUT2D eigenvalue weighted by molar-refractivity contribution is 5.84. The van der Waals surface area contributed by atoms with E-state index in [1.54, 1.807) is 12.4 Å². The lowest BCUT2D eigenvalue weighted by atomic mass is 9.75. The number of H-pyrrole nitrogens is 1. The molecule has 2 aliphatic heterocycles. The molecule has 2 aromatic carbocycles. The van der Waals surface area contributed by atoms with Crippen molar-refractivity contribution in [2.45, 2.75) is 30.9 Å². The smallest absolute Gasteiger partial charge is 0.418 e. The molecular weight excluding hydrogens is 497 g/mol. The number of benzene rings is 2. The number of ether oxygens (including phenoxy) is 2. The summed E-state index contributed by atoms with van der Waals surface area (Å²) < 4.78 is 55.3. The quantitative estimate of drug-likeness (QED) is 0.368. The van der Waals surface area contributed by atoms with Crippen LogP contribution in [0.25, 0.3) is 22.4 Å². The Bertz CT molecular complexity index is 1440. The van der Waals surface area contributed by atoms with Gasteiger partial charge in [0.05, 0.1) is 24.3 Å². The molecule has 2 fully saturated rings. The predicted octanol–water partition coefficient (Wildman–Crippen LogP) is 4.36. The van der Waals surface area contributed by atoms with Crippen molar-refractivity contribution in [3.8, 4) is 17.1 Å². The minimum Gasteiger partial charge on any atom is -0.492 e. The van der Waals surface area contributed by atoms with E-state index in [0.717, 1.165) is 43.4 Å². The van der Waals surface area contributed by atoms with Gasteiger partial charge < -0.3 is 19.0 Å². The zero-order valence-corrected chi connectivity index (χ0v) is 21.1. The monoisotopic (exact) mass is 526 g/mol. The van der Waals surface area contributed by atoms with E-state index in [4.69, 9.17) is 9.47 Å². The maximum absolute atomic E-state index is 14.0. The Balaban J connectivity index is 1.30. The largest absolute Gasteiger partial charge is 0.492 e. The summed E-state index contributed by atoms with van der Waals surface area (Å²) in [5.41, 5.74) is 0.800. The number of hydrogen-bond acceptors (Lipinski definition) is 6. The number of aromatic amines is 1. The van der Waals surface area contributed by atoms with Gasteiger partial charge in [0.25, 0.3) is 0 Å². The van der Waals surface area contributed by atoms with Crippen molar-refractivity contribution in [2.75, 3.05) is 39.5 Å². The Kier molecular flexibility index (Phi) is 6.35. The van der Waals surface area contributed by atoms with Gasteiger partial charge in [-0.15, -0.1) is 10.2 Å². The number of rotatable bonds is 8. The van der Waals surface area contributed by atoms with Crippen LogP contribution < -0.4 is 4.74 Å². The molecule has 4 aromatic rings. The maximum atomic E-state index is 14.0. The summed E-state index contributed by atoms with van der Waals surface area (Å²) in [5, 5.41) is 8.19. The number of nitrogens with one attached hydrogen (secondary N) is 1. The van der Waals surface area contributed by atoms with Gasteiger partial charge >= 0.3 is 6.18 Å². The van der Waals surface area contributed by atoms with Crippen LogP contribution in [0.2, 0.25) is 0 Å². The minimum atomic E-state index is -4.57. The lowest BCUT2D eigenvalue weighted by Crippen LogP contribution is -2.49. The summed E-state index contributed by atoms with van der Waals surface area (Å²) in [5.74, 6) is 1.40. The number of imidazole rings is 1. The maximum Gasteiger partial charge on any atom is 0.418 e. The predicted molar refractivity (Wildman–Crippen MR) is 135 cm³/mol. The molecule has 0 unspecified atom stereocenters. The number of halogens is 3. The molecule has 0 amide bonds. The van der Waals surface area contributed by atoms with Crippen LogP contribution in [-0.2, 0) is 29.8 Å². The molecule has 0 bridgehead atoms. The lowest BCUT2D eigenvalue weighted by molar-refractivity contribution is -0.136. The molecule has 0 aliphatic carbocycles. The second kappa shape index (κ2) is 9.70. The molecular formula is C27H29F3N6O2. The average Bonchev–Trinajstić information content (AvgIpc) is 3.62. The van der Waals surface area contributed by atoms with Gasteiger partial charge in [-0.2, -0.15) is 13.2 Å². The summed E-state index contributed by atoms with van der Waals surface area (Å²) in [4.78, 5) is 9.76. The summed E-state index contributed by atoms with van der Waals surface area (Å²) >= 11 is 0. The van der Waals surface area contributed by atoms with Crippen molar-refractivity contribution in [1.82, 2.24) is 29.6 Å². The first-order chi connectivity index (χ1) is 18.3. The number of likely N-dealkylation sites (tertiary alicyclic amines) is 1. The molecule has 38 heavy (non-hydrogen) atoms. The molecule has 0 spiro atoms. The summed E-state index contributed by atoms with van der Waals surface area (Å²) in [7, 11) is 1.90. The third kappa shape index (κ3) is 4.76. The van der Waals surface area contributed by atoms with E-state index < -0.39 is 11.7 Å². The molecule has 4 heterocycles. The van der Waals surface area contributed by atoms with E-state index in [1.807, 2.05) is 35.9 Å². The first kappa shape index (κ1) is 24.9. The van der Waals surface area contributed by atoms with Crippen molar-refractivity contribution in [1.29, 1.82) is 0 Å². The highest BCUT2D eigenvalue weighted by Crippen LogP contribution is 2.40. The molecule has 2 saturated heterocycles. The summed E-state index contributed by atoms with van der Waals surface area (Å²) in [6, 6.07) is 10.4. The molecule has 200 valence electrons. The lowest BCUT2D eigenvalue weighted by Gasteiger charge is -2.41. The summed E-state index contributed by atoms with van der Waals surface area (Å²) in [6.07, 6.45) is 0.0388. The minimum absolute atomic E-state index is 0.120. The average molecular weight is 527 g/mol. The first-order valence-electron chi connectivity index (χ1n) is 12.8. The zero-order chi connectivity index (χ0) is 26.3. The van der Waals surface area contributed by atoms with E-state index in [2.05, 4.69) is 25.1 Å². The molecule has 1 N–H and O–H groups in total. The molecule has 2 aromatic heterocycles. The van der Waals surface area contributed by atoms with E-state index in [1.165, 1.54) is 0 Å². The fourth-order valence-electron chi connectivity index (χ4n) is 5.31. The van der Waals surface area contributed by atoms with Gasteiger partial charge in [0, 0.05) is 37.1 Å².